The lowest BCUT2D eigenvalue weighted by atomic mass is 10.1. The summed E-state index contributed by atoms with van der Waals surface area (Å²) in [5.74, 6) is 0. The van der Waals surface area contributed by atoms with Gasteiger partial charge in [0.15, 0.2) is 0 Å². The molecule has 0 aromatic heterocycles. The van der Waals surface area contributed by atoms with Gasteiger partial charge in [-0.3, -0.25) is 4.55 Å². The van der Waals surface area contributed by atoms with Gasteiger partial charge in [-0.05, 0) is 25.5 Å². The van der Waals surface area contributed by atoms with E-state index in [2.05, 4.69) is 0 Å². The van der Waals surface area contributed by atoms with E-state index in [0.717, 1.165) is 5.56 Å². The summed E-state index contributed by atoms with van der Waals surface area (Å²) < 4.78 is 43.7. The number of alkyl halides is 1. The summed E-state index contributed by atoms with van der Waals surface area (Å²) in [6, 6.07) is 4.43. The molecular formula is C10H13FO3S. The molecule has 1 unspecified atom stereocenters. The summed E-state index contributed by atoms with van der Waals surface area (Å²) >= 11 is 0. The van der Waals surface area contributed by atoms with Crippen molar-refractivity contribution >= 4 is 10.1 Å². The number of hydrogen-bond acceptors (Lipinski definition) is 2. The molecule has 15 heavy (non-hydrogen) atoms. The Hall–Kier alpha value is -0.940. The van der Waals surface area contributed by atoms with Gasteiger partial charge in [0.05, 0.1) is 4.90 Å². The Balaban J connectivity index is 3.27. The minimum atomic E-state index is -4.26. The minimum Gasteiger partial charge on any atom is -0.282 e. The van der Waals surface area contributed by atoms with Gasteiger partial charge in [-0.25, -0.2) is 4.39 Å². The van der Waals surface area contributed by atoms with Gasteiger partial charge in [0.2, 0.25) is 0 Å². The second-order valence-corrected chi connectivity index (χ2v) is 4.96. The summed E-state index contributed by atoms with van der Waals surface area (Å²) in [5.41, 5.74) is 1.14. The number of aryl methyl sites for hydroxylation is 1. The van der Waals surface area contributed by atoms with Crippen LogP contribution in [0, 0.1) is 6.92 Å². The highest BCUT2D eigenvalue weighted by Gasteiger charge is 2.16. The van der Waals surface area contributed by atoms with Crippen molar-refractivity contribution in [1.29, 1.82) is 0 Å². The lowest BCUT2D eigenvalue weighted by molar-refractivity contribution is 0.358. The van der Waals surface area contributed by atoms with E-state index < -0.39 is 16.3 Å². The van der Waals surface area contributed by atoms with E-state index in [4.69, 9.17) is 4.55 Å². The van der Waals surface area contributed by atoms with Crippen LogP contribution >= 0.6 is 0 Å². The Morgan fingerprint density at radius 1 is 1.47 bits per heavy atom. The molecule has 1 N–H and O–H groups in total. The molecule has 0 bridgehead atoms. The van der Waals surface area contributed by atoms with Gasteiger partial charge < -0.3 is 0 Å². The largest absolute Gasteiger partial charge is 0.294 e. The molecule has 0 aliphatic carbocycles. The Morgan fingerprint density at radius 2 is 2.07 bits per heavy atom. The van der Waals surface area contributed by atoms with Crippen LogP contribution in [-0.2, 0) is 16.5 Å². The minimum absolute atomic E-state index is 0.0171. The molecule has 0 aliphatic heterocycles. The van der Waals surface area contributed by atoms with Crippen LogP contribution in [0.2, 0.25) is 0 Å². The number of rotatable bonds is 3. The van der Waals surface area contributed by atoms with Crippen LogP contribution in [0.5, 0.6) is 0 Å². The Labute approximate surface area is 88.7 Å². The van der Waals surface area contributed by atoms with Gasteiger partial charge in [0.1, 0.15) is 6.17 Å². The Kier molecular flexibility index (Phi) is 3.46. The van der Waals surface area contributed by atoms with Gasteiger partial charge in [-0.1, -0.05) is 17.7 Å². The Morgan fingerprint density at radius 3 is 2.53 bits per heavy atom. The van der Waals surface area contributed by atoms with Crippen molar-refractivity contribution in [2.75, 3.05) is 0 Å². The molecule has 5 heteroatoms. The molecule has 0 radical (unpaired) electrons. The monoisotopic (exact) mass is 232 g/mol. The lowest BCUT2D eigenvalue weighted by Crippen LogP contribution is -2.07. The molecule has 1 atom stereocenters. The molecule has 0 saturated carbocycles. The van der Waals surface area contributed by atoms with E-state index in [1.54, 1.807) is 19.1 Å². The number of halogens is 1. The van der Waals surface area contributed by atoms with Gasteiger partial charge in [0.25, 0.3) is 10.1 Å². The van der Waals surface area contributed by atoms with E-state index in [1.165, 1.54) is 13.0 Å². The van der Waals surface area contributed by atoms with Crippen LogP contribution in [0.4, 0.5) is 4.39 Å². The van der Waals surface area contributed by atoms with Gasteiger partial charge in [-0.2, -0.15) is 8.42 Å². The molecule has 0 fully saturated rings. The summed E-state index contributed by atoms with van der Waals surface area (Å²) in [4.78, 5) is -0.211. The smallest absolute Gasteiger partial charge is 0.282 e. The van der Waals surface area contributed by atoms with Crippen molar-refractivity contribution in [3.8, 4) is 0 Å². The number of hydrogen-bond donors (Lipinski definition) is 1. The Bertz CT molecular complexity index is 452. The molecule has 1 aromatic rings. The molecule has 1 aromatic carbocycles. The van der Waals surface area contributed by atoms with E-state index in [-0.39, 0.29) is 11.3 Å². The molecule has 0 aliphatic rings. The van der Waals surface area contributed by atoms with Crippen molar-refractivity contribution in [3.63, 3.8) is 0 Å². The standard InChI is InChI=1S/C10H13FO3S/c1-7-3-4-10(15(12,13)14)9(5-7)6-8(2)11/h3-5,8H,6H2,1-2H3,(H,12,13,14). The first kappa shape index (κ1) is 12.1. The fraction of sp³-hybridized carbons (Fsp3) is 0.400. The van der Waals surface area contributed by atoms with E-state index in [9.17, 15) is 12.8 Å². The molecule has 0 saturated heterocycles. The third-order valence-electron chi connectivity index (χ3n) is 2.00. The maximum absolute atomic E-state index is 12.8. The molecule has 84 valence electrons. The number of benzene rings is 1. The first-order valence-corrected chi connectivity index (χ1v) is 5.96. The third-order valence-corrected chi connectivity index (χ3v) is 2.95. The quantitative estimate of drug-likeness (QED) is 0.812. The van der Waals surface area contributed by atoms with Gasteiger partial charge >= 0.3 is 0 Å². The zero-order chi connectivity index (χ0) is 11.6. The van der Waals surface area contributed by atoms with Crippen molar-refractivity contribution in [2.45, 2.75) is 31.3 Å². The van der Waals surface area contributed by atoms with Crippen molar-refractivity contribution in [2.24, 2.45) is 0 Å². The lowest BCUT2D eigenvalue weighted by Gasteiger charge is -2.08. The highest BCUT2D eigenvalue weighted by atomic mass is 32.2. The highest BCUT2D eigenvalue weighted by molar-refractivity contribution is 7.85. The fourth-order valence-corrected chi connectivity index (χ4v) is 2.14. The van der Waals surface area contributed by atoms with Crippen molar-refractivity contribution < 1.29 is 17.4 Å². The van der Waals surface area contributed by atoms with Crippen LogP contribution < -0.4 is 0 Å². The second kappa shape index (κ2) is 4.28. The maximum atomic E-state index is 12.8. The fourth-order valence-electron chi connectivity index (χ4n) is 1.42. The molecule has 0 heterocycles. The first-order chi connectivity index (χ1) is 6.80. The van der Waals surface area contributed by atoms with Crippen molar-refractivity contribution in [1.82, 2.24) is 0 Å². The zero-order valence-electron chi connectivity index (χ0n) is 8.57. The van der Waals surface area contributed by atoms with Crippen molar-refractivity contribution in [3.05, 3.63) is 29.3 Å². The molecule has 0 amide bonds. The van der Waals surface area contributed by atoms with Crippen LogP contribution in [0.15, 0.2) is 23.1 Å². The summed E-state index contributed by atoms with van der Waals surface area (Å²) in [6.45, 7) is 3.12. The predicted octanol–water partition coefficient (Wildman–Crippen LogP) is 2.14. The average Bonchev–Trinajstić information content (AvgIpc) is 1.99. The van der Waals surface area contributed by atoms with Gasteiger partial charge in [-0.15, -0.1) is 0 Å². The SMILES string of the molecule is Cc1ccc(S(=O)(=O)O)c(CC(C)F)c1. The summed E-state index contributed by atoms with van der Waals surface area (Å²) in [6.07, 6.45) is -1.16. The normalized spacial score (nSPS) is 13.9. The average molecular weight is 232 g/mol. The van der Waals surface area contributed by atoms with Crippen LogP contribution in [0.3, 0.4) is 0 Å². The highest BCUT2D eigenvalue weighted by Crippen LogP contribution is 2.19. The third kappa shape index (κ3) is 3.28. The topological polar surface area (TPSA) is 54.4 Å². The maximum Gasteiger partial charge on any atom is 0.294 e. The van der Waals surface area contributed by atoms with E-state index in [0.29, 0.717) is 5.56 Å². The van der Waals surface area contributed by atoms with Crippen LogP contribution in [0.25, 0.3) is 0 Å². The molecule has 3 nitrogen and oxygen atoms in total. The predicted molar refractivity (Wildman–Crippen MR) is 55.3 cm³/mol. The molecular weight excluding hydrogens is 219 g/mol. The molecule has 1 rings (SSSR count). The molecule has 0 spiro atoms. The first-order valence-electron chi connectivity index (χ1n) is 4.52. The second-order valence-electron chi connectivity index (χ2n) is 3.57. The zero-order valence-corrected chi connectivity index (χ0v) is 9.38. The van der Waals surface area contributed by atoms with Gasteiger partial charge in [0, 0.05) is 6.42 Å². The van der Waals surface area contributed by atoms with Crippen LogP contribution in [-0.4, -0.2) is 19.1 Å². The van der Waals surface area contributed by atoms with E-state index in [1.807, 2.05) is 0 Å². The van der Waals surface area contributed by atoms with Crippen LogP contribution in [0.1, 0.15) is 18.1 Å². The van der Waals surface area contributed by atoms with E-state index >= 15 is 0 Å². The summed E-state index contributed by atoms with van der Waals surface area (Å²) in [5, 5.41) is 0. The summed E-state index contributed by atoms with van der Waals surface area (Å²) in [7, 11) is -4.26.